The molecule has 1 aliphatic rings. The van der Waals surface area contributed by atoms with Crippen LogP contribution in [0.5, 0.6) is 0 Å². The summed E-state index contributed by atoms with van der Waals surface area (Å²) in [6.07, 6.45) is 3.17. The minimum Gasteiger partial charge on any atom is -0.427 e. The van der Waals surface area contributed by atoms with Crippen molar-refractivity contribution >= 4 is 23.2 Å². The van der Waals surface area contributed by atoms with Crippen LogP contribution in [-0.2, 0) is 4.79 Å². The first-order valence-electron chi connectivity index (χ1n) is 9.63. The molecular formula is C22H26N2O4. The predicted molar refractivity (Wildman–Crippen MR) is 109 cm³/mol. The predicted octanol–water partition coefficient (Wildman–Crippen LogP) is 4.37. The highest BCUT2D eigenvalue weighted by atomic mass is 16.4. The van der Waals surface area contributed by atoms with Gasteiger partial charge in [-0.15, -0.1) is 0 Å². The van der Waals surface area contributed by atoms with Crippen molar-refractivity contribution in [2.24, 2.45) is 5.92 Å². The van der Waals surface area contributed by atoms with E-state index in [0.717, 1.165) is 24.8 Å². The van der Waals surface area contributed by atoms with Gasteiger partial charge < -0.3 is 15.1 Å². The summed E-state index contributed by atoms with van der Waals surface area (Å²) in [6, 6.07) is 7.02. The lowest BCUT2D eigenvalue weighted by atomic mass is 9.83. The van der Waals surface area contributed by atoms with Gasteiger partial charge in [0.2, 0.25) is 5.91 Å². The number of benzene rings is 1. The van der Waals surface area contributed by atoms with Crippen molar-refractivity contribution in [2.45, 2.75) is 52.9 Å². The normalized spacial score (nSPS) is 13.9. The molecule has 1 aromatic heterocycles. The van der Waals surface area contributed by atoms with Gasteiger partial charge in [0.05, 0.1) is 0 Å². The van der Waals surface area contributed by atoms with Crippen molar-refractivity contribution < 1.29 is 14.0 Å². The van der Waals surface area contributed by atoms with Crippen LogP contribution in [0.3, 0.4) is 0 Å². The molecule has 1 fully saturated rings. The highest BCUT2D eigenvalue weighted by Crippen LogP contribution is 2.36. The summed E-state index contributed by atoms with van der Waals surface area (Å²) in [7, 11) is 0. The lowest BCUT2D eigenvalue weighted by molar-refractivity contribution is -0.118. The van der Waals surface area contributed by atoms with Crippen molar-refractivity contribution in [1.29, 1.82) is 0 Å². The lowest BCUT2D eigenvalue weighted by Gasteiger charge is -2.24. The monoisotopic (exact) mass is 382 g/mol. The van der Waals surface area contributed by atoms with Gasteiger partial charge in [-0.1, -0.05) is 26.3 Å². The number of hydrogen-bond donors (Lipinski definition) is 2. The minimum atomic E-state index is -0.611. The van der Waals surface area contributed by atoms with Gasteiger partial charge in [-0.3, -0.25) is 9.59 Å². The molecule has 0 atom stereocenters. The Labute approximate surface area is 164 Å². The Balaban J connectivity index is 1.81. The maximum absolute atomic E-state index is 12.7. The molecule has 1 heterocycles. The molecule has 0 radical (unpaired) electrons. The third-order valence-corrected chi connectivity index (χ3v) is 5.18. The van der Waals surface area contributed by atoms with Crippen molar-refractivity contribution in [1.82, 2.24) is 0 Å². The van der Waals surface area contributed by atoms with E-state index in [1.165, 1.54) is 0 Å². The quantitative estimate of drug-likeness (QED) is 0.804. The third-order valence-electron chi connectivity index (χ3n) is 5.18. The van der Waals surface area contributed by atoms with E-state index in [1.807, 2.05) is 20.8 Å². The summed E-state index contributed by atoms with van der Waals surface area (Å²) in [5.41, 5.74) is 2.01. The summed E-state index contributed by atoms with van der Waals surface area (Å²) in [4.78, 5) is 37.1. The maximum atomic E-state index is 12.7. The number of hydrogen-bond acceptors (Lipinski definition) is 4. The Hall–Kier alpha value is -2.89. The molecule has 3 rings (SSSR count). The standard InChI is InChI=1S/C22H26N2O4/c1-12(2)20(25)24-17-11-16(9-8-13(17)3)23-21(26)19-14(4)10-18(28-22(19)27)15-6-5-7-15/h8-12,15H,5-7H2,1-4H3,(H,23,26)(H,24,25). The molecule has 148 valence electrons. The number of carbonyl (C=O) groups excluding carboxylic acids is 2. The molecule has 2 amide bonds. The minimum absolute atomic E-state index is 0.0106. The number of rotatable bonds is 5. The zero-order valence-corrected chi connectivity index (χ0v) is 16.7. The van der Waals surface area contributed by atoms with Crippen LogP contribution in [0.15, 0.2) is 33.5 Å². The molecule has 2 N–H and O–H groups in total. The van der Waals surface area contributed by atoms with Crippen molar-refractivity contribution in [3.8, 4) is 0 Å². The first-order valence-corrected chi connectivity index (χ1v) is 9.63. The van der Waals surface area contributed by atoms with Gasteiger partial charge in [-0.2, -0.15) is 0 Å². The van der Waals surface area contributed by atoms with Gasteiger partial charge in [-0.05, 0) is 56.0 Å². The van der Waals surface area contributed by atoms with Crippen LogP contribution in [0.4, 0.5) is 11.4 Å². The Bertz CT molecular complexity index is 971. The topological polar surface area (TPSA) is 88.4 Å². The van der Waals surface area contributed by atoms with E-state index in [4.69, 9.17) is 4.42 Å². The molecule has 6 nitrogen and oxygen atoms in total. The van der Waals surface area contributed by atoms with E-state index >= 15 is 0 Å². The summed E-state index contributed by atoms with van der Waals surface area (Å²) in [6.45, 7) is 7.24. The summed E-state index contributed by atoms with van der Waals surface area (Å²) in [5, 5.41) is 5.58. The van der Waals surface area contributed by atoms with E-state index < -0.39 is 11.5 Å². The fourth-order valence-electron chi connectivity index (χ4n) is 3.10. The molecule has 0 bridgehead atoms. The van der Waals surface area contributed by atoms with Crippen molar-refractivity contribution in [3.63, 3.8) is 0 Å². The first kappa shape index (κ1) is 19.9. The number of anilines is 2. The van der Waals surface area contributed by atoms with Gasteiger partial charge in [-0.25, -0.2) is 4.79 Å². The average Bonchev–Trinajstić information content (AvgIpc) is 2.55. The molecule has 2 aromatic rings. The zero-order valence-electron chi connectivity index (χ0n) is 16.7. The average molecular weight is 382 g/mol. The fraction of sp³-hybridized carbons (Fsp3) is 0.409. The summed E-state index contributed by atoms with van der Waals surface area (Å²) >= 11 is 0. The Kier molecular flexibility index (Phi) is 5.68. The van der Waals surface area contributed by atoms with Crippen LogP contribution in [-0.4, -0.2) is 11.8 Å². The molecule has 1 aromatic carbocycles. The molecule has 0 aliphatic heterocycles. The second kappa shape index (κ2) is 8.00. The second-order valence-corrected chi connectivity index (χ2v) is 7.75. The van der Waals surface area contributed by atoms with Gasteiger partial charge in [0.15, 0.2) is 0 Å². The second-order valence-electron chi connectivity index (χ2n) is 7.75. The van der Waals surface area contributed by atoms with Crippen LogP contribution in [0.2, 0.25) is 0 Å². The van der Waals surface area contributed by atoms with Gasteiger partial charge in [0.1, 0.15) is 11.3 Å². The molecule has 1 saturated carbocycles. The number of aryl methyl sites for hydroxylation is 2. The van der Waals surface area contributed by atoms with Gasteiger partial charge in [0, 0.05) is 23.2 Å². The molecule has 6 heteroatoms. The SMILES string of the molecule is Cc1ccc(NC(=O)c2c(C)cc(C3CCC3)oc2=O)cc1NC(=O)C(C)C. The van der Waals surface area contributed by atoms with Crippen LogP contribution in [0.25, 0.3) is 0 Å². The molecule has 0 saturated heterocycles. The largest absolute Gasteiger partial charge is 0.427 e. The first-order chi connectivity index (χ1) is 13.3. The van der Waals surface area contributed by atoms with E-state index in [9.17, 15) is 14.4 Å². The van der Waals surface area contributed by atoms with Gasteiger partial charge in [0.25, 0.3) is 5.91 Å². The van der Waals surface area contributed by atoms with E-state index in [1.54, 1.807) is 31.2 Å². The fourth-order valence-corrected chi connectivity index (χ4v) is 3.10. The van der Waals surface area contributed by atoms with Gasteiger partial charge >= 0.3 is 5.63 Å². The Morgan fingerprint density at radius 1 is 1.07 bits per heavy atom. The highest BCUT2D eigenvalue weighted by Gasteiger charge is 2.25. The maximum Gasteiger partial charge on any atom is 0.349 e. The number of amides is 2. The molecule has 1 aliphatic carbocycles. The van der Waals surface area contributed by atoms with Crippen LogP contribution < -0.4 is 16.3 Å². The zero-order chi connectivity index (χ0) is 20.4. The number of nitrogens with one attached hydrogen (secondary N) is 2. The van der Waals surface area contributed by atoms with E-state index in [2.05, 4.69) is 10.6 Å². The molecular weight excluding hydrogens is 356 g/mol. The smallest absolute Gasteiger partial charge is 0.349 e. The molecule has 28 heavy (non-hydrogen) atoms. The summed E-state index contributed by atoms with van der Waals surface area (Å²) < 4.78 is 5.40. The lowest BCUT2D eigenvalue weighted by Crippen LogP contribution is -2.24. The molecule has 0 spiro atoms. The molecule has 0 unspecified atom stereocenters. The Morgan fingerprint density at radius 2 is 1.79 bits per heavy atom. The van der Waals surface area contributed by atoms with Crippen LogP contribution in [0, 0.1) is 19.8 Å². The van der Waals surface area contributed by atoms with Crippen molar-refractivity contribution in [3.05, 3.63) is 57.1 Å². The van der Waals surface area contributed by atoms with Crippen molar-refractivity contribution in [2.75, 3.05) is 10.6 Å². The van der Waals surface area contributed by atoms with E-state index in [0.29, 0.717) is 22.7 Å². The van der Waals surface area contributed by atoms with Crippen LogP contribution in [0.1, 0.15) is 66.3 Å². The Morgan fingerprint density at radius 3 is 2.36 bits per heavy atom. The number of carbonyl (C=O) groups is 2. The van der Waals surface area contributed by atoms with Crippen LogP contribution >= 0.6 is 0 Å². The van der Waals surface area contributed by atoms with E-state index in [-0.39, 0.29) is 23.3 Å². The summed E-state index contributed by atoms with van der Waals surface area (Å²) in [5.74, 6) is 0.178. The third kappa shape index (κ3) is 4.16. The highest BCUT2D eigenvalue weighted by molar-refractivity contribution is 6.05.